The zero-order chi connectivity index (χ0) is 17.9. The van der Waals surface area contributed by atoms with Crippen molar-refractivity contribution in [3.63, 3.8) is 0 Å². The maximum absolute atomic E-state index is 5.70. The molecule has 0 spiro atoms. The third kappa shape index (κ3) is 4.14. The lowest BCUT2D eigenvalue weighted by Gasteiger charge is -2.33. The average molecular weight is 354 g/mol. The molecular formula is C20H26N4O2. The van der Waals surface area contributed by atoms with Gasteiger partial charge in [0, 0.05) is 13.1 Å². The van der Waals surface area contributed by atoms with Crippen molar-refractivity contribution in [2.45, 2.75) is 32.9 Å². The molecule has 0 unspecified atom stereocenters. The van der Waals surface area contributed by atoms with Gasteiger partial charge in [0.2, 0.25) is 0 Å². The topological polar surface area (TPSA) is 58.5 Å². The number of piperidine rings is 1. The highest BCUT2D eigenvalue weighted by Gasteiger charge is 2.21. The van der Waals surface area contributed by atoms with Crippen LogP contribution in [0.2, 0.25) is 0 Å². The van der Waals surface area contributed by atoms with E-state index in [-0.39, 0.29) is 0 Å². The molecule has 6 heteroatoms. The maximum Gasteiger partial charge on any atom is 0.135 e. The molecule has 0 bridgehead atoms. The molecule has 138 valence electrons. The van der Waals surface area contributed by atoms with Crippen LogP contribution >= 0.6 is 0 Å². The molecule has 0 aliphatic carbocycles. The van der Waals surface area contributed by atoms with E-state index in [0.717, 1.165) is 61.2 Å². The summed E-state index contributed by atoms with van der Waals surface area (Å²) in [4.78, 5) is 4.91. The lowest BCUT2D eigenvalue weighted by atomic mass is 9.96. The van der Waals surface area contributed by atoms with Gasteiger partial charge < -0.3 is 9.32 Å². The second kappa shape index (κ2) is 7.60. The lowest BCUT2D eigenvalue weighted by Crippen LogP contribution is -2.37. The Morgan fingerprint density at radius 3 is 2.69 bits per heavy atom. The molecule has 6 nitrogen and oxygen atoms in total. The van der Waals surface area contributed by atoms with Gasteiger partial charge in [0.15, 0.2) is 0 Å². The Morgan fingerprint density at radius 1 is 1.12 bits per heavy atom. The Hall–Kier alpha value is -2.18. The summed E-state index contributed by atoms with van der Waals surface area (Å²) in [6.07, 6.45) is 2.49. The van der Waals surface area contributed by atoms with E-state index in [1.54, 1.807) is 0 Å². The van der Waals surface area contributed by atoms with Crippen LogP contribution in [-0.4, -0.2) is 46.8 Å². The highest BCUT2D eigenvalue weighted by Crippen LogP contribution is 2.21. The minimum atomic E-state index is 0.757. The third-order valence-corrected chi connectivity index (χ3v) is 5.22. The number of aromatic nitrogens is 2. The highest BCUT2D eigenvalue weighted by atomic mass is 16.6. The SMILES string of the molecule is Cc1ccc(CN2CCC(CN(C)Cc3ccc4nonc4c3)CC2)o1. The first-order chi connectivity index (χ1) is 12.7. The van der Waals surface area contributed by atoms with Gasteiger partial charge in [-0.3, -0.25) is 4.90 Å². The Kier molecular flexibility index (Phi) is 5.04. The second-order valence-electron chi connectivity index (χ2n) is 7.52. The molecule has 0 saturated carbocycles. The van der Waals surface area contributed by atoms with E-state index < -0.39 is 0 Å². The van der Waals surface area contributed by atoms with Crippen molar-refractivity contribution in [1.29, 1.82) is 0 Å². The summed E-state index contributed by atoms with van der Waals surface area (Å²) in [6, 6.07) is 10.3. The molecule has 1 aromatic carbocycles. The molecule has 0 radical (unpaired) electrons. The molecule has 1 aliphatic heterocycles. The summed E-state index contributed by atoms with van der Waals surface area (Å²) in [5.41, 5.74) is 2.90. The van der Waals surface area contributed by atoms with Gasteiger partial charge in [-0.25, -0.2) is 4.63 Å². The van der Waals surface area contributed by atoms with Gasteiger partial charge >= 0.3 is 0 Å². The fourth-order valence-corrected chi connectivity index (χ4v) is 3.86. The summed E-state index contributed by atoms with van der Waals surface area (Å²) in [5, 5.41) is 7.79. The molecule has 3 heterocycles. The van der Waals surface area contributed by atoms with E-state index in [1.807, 2.05) is 19.1 Å². The van der Waals surface area contributed by atoms with Crippen LogP contribution in [0.1, 0.15) is 29.9 Å². The van der Waals surface area contributed by atoms with Crippen molar-refractivity contribution in [2.24, 2.45) is 5.92 Å². The van der Waals surface area contributed by atoms with Gasteiger partial charge in [-0.05, 0) is 86.0 Å². The summed E-state index contributed by atoms with van der Waals surface area (Å²) < 4.78 is 10.5. The number of benzene rings is 1. The Morgan fingerprint density at radius 2 is 1.92 bits per heavy atom. The molecule has 2 aromatic heterocycles. The number of aryl methyl sites for hydroxylation is 1. The zero-order valence-corrected chi connectivity index (χ0v) is 15.5. The van der Waals surface area contributed by atoms with Crippen LogP contribution in [-0.2, 0) is 13.1 Å². The first kappa shape index (κ1) is 17.2. The van der Waals surface area contributed by atoms with E-state index in [4.69, 9.17) is 9.05 Å². The smallest absolute Gasteiger partial charge is 0.135 e. The van der Waals surface area contributed by atoms with Crippen molar-refractivity contribution >= 4 is 11.0 Å². The Bertz CT molecular complexity index is 848. The number of rotatable bonds is 6. The largest absolute Gasteiger partial charge is 0.465 e. The van der Waals surface area contributed by atoms with Crippen LogP contribution in [0.4, 0.5) is 0 Å². The first-order valence-electron chi connectivity index (χ1n) is 9.33. The van der Waals surface area contributed by atoms with Crippen LogP contribution < -0.4 is 0 Å². The second-order valence-corrected chi connectivity index (χ2v) is 7.52. The van der Waals surface area contributed by atoms with Crippen LogP contribution in [0.3, 0.4) is 0 Å². The number of hydrogen-bond acceptors (Lipinski definition) is 6. The van der Waals surface area contributed by atoms with E-state index in [0.29, 0.717) is 0 Å². The zero-order valence-electron chi connectivity index (χ0n) is 15.5. The number of hydrogen-bond donors (Lipinski definition) is 0. The predicted octanol–water partition coefficient (Wildman–Crippen LogP) is 3.47. The lowest BCUT2D eigenvalue weighted by molar-refractivity contribution is 0.140. The first-order valence-corrected chi connectivity index (χ1v) is 9.33. The molecule has 26 heavy (non-hydrogen) atoms. The molecule has 0 N–H and O–H groups in total. The normalized spacial score (nSPS) is 16.7. The highest BCUT2D eigenvalue weighted by molar-refractivity contribution is 5.73. The molecule has 3 aromatic rings. The predicted molar refractivity (Wildman–Crippen MR) is 99.6 cm³/mol. The van der Waals surface area contributed by atoms with Gasteiger partial charge in [0.1, 0.15) is 22.6 Å². The summed E-state index contributed by atoms with van der Waals surface area (Å²) in [6.45, 7) is 7.28. The third-order valence-electron chi connectivity index (χ3n) is 5.22. The van der Waals surface area contributed by atoms with Gasteiger partial charge in [-0.15, -0.1) is 0 Å². The fourth-order valence-electron chi connectivity index (χ4n) is 3.86. The van der Waals surface area contributed by atoms with Crippen LogP contribution in [0, 0.1) is 12.8 Å². The standard InChI is InChI=1S/C20H26N4O2/c1-15-3-5-18(25-15)14-24-9-7-16(8-10-24)12-23(2)13-17-4-6-19-20(11-17)22-26-21-19/h3-6,11,16H,7-10,12-14H2,1-2H3. The van der Waals surface area contributed by atoms with Crippen LogP contribution in [0.5, 0.6) is 0 Å². The molecule has 1 fully saturated rings. The number of nitrogens with zero attached hydrogens (tertiary/aromatic N) is 4. The van der Waals surface area contributed by atoms with Crippen LogP contribution in [0.25, 0.3) is 11.0 Å². The number of furan rings is 1. The van der Waals surface area contributed by atoms with E-state index in [9.17, 15) is 0 Å². The van der Waals surface area contributed by atoms with E-state index in [1.165, 1.54) is 18.4 Å². The van der Waals surface area contributed by atoms with Crippen molar-refractivity contribution < 1.29 is 9.05 Å². The summed E-state index contributed by atoms with van der Waals surface area (Å²) in [5.74, 6) is 2.83. The quantitative estimate of drug-likeness (QED) is 0.676. The van der Waals surface area contributed by atoms with Crippen LogP contribution in [0.15, 0.2) is 39.4 Å². The molecular weight excluding hydrogens is 328 g/mol. The van der Waals surface area contributed by atoms with E-state index >= 15 is 0 Å². The maximum atomic E-state index is 5.70. The molecule has 0 amide bonds. The minimum Gasteiger partial charge on any atom is -0.465 e. The van der Waals surface area contributed by atoms with Crippen molar-refractivity contribution in [3.05, 3.63) is 47.4 Å². The number of fused-ring (bicyclic) bond motifs is 1. The fraction of sp³-hybridized carbons (Fsp3) is 0.500. The molecule has 1 aliphatic rings. The van der Waals surface area contributed by atoms with Gasteiger partial charge in [-0.1, -0.05) is 6.07 Å². The van der Waals surface area contributed by atoms with Crippen molar-refractivity contribution in [1.82, 2.24) is 20.1 Å². The van der Waals surface area contributed by atoms with Gasteiger partial charge in [0.05, 0.1) is 6.54 Å². The molecule has 4 rings (SSSR count). The summed E-state index contributed by atoms with van der Waals surface area (Å²) in [7, 11) is 2.20. The van der Waals surface area contributed by atoms with Crippen molar-refractivity contribution in [2.75, 3.05) is 26.7 Å². The Labute approximate surface area is 153 Å². The molecule has 1 saturated heterocycles. The molecule has 0 atom stereocenters. The summed E-state index contributed by atoms with van der Waals surface area (Å²) >= 11 is 0. The Balaban J connectivity index is 1.24. The van der Waals surface area contributed by atoms with Gasteiger partial charge in [-0.2, -0.15) is 0 Å². The minimum absolute atomic E-state index is 0.757. The van der Waals surface area contributed by atoms with Gasteiger partial charge in [0.25, 0.3) is 0 Å². The average Bonchev–Trinajstić information content (AvgIpc) is 3.25. The monoisotopic (exact) mass is 354 g/mol. The number of likely N-dealkylation sites (tertiary alicyclic amines) is 1. The van der Waals surface area contributed by atoms with Crippen molar-refractivity contribution in [3.8, 4) is 0 Å². The van der Waals surface area contributed by atoms with E-state index in [2.05, 4.69) is 45.4 Å².